The highest BCUT2D eigenvalue weighted by Gasteiger charge is 2.03. The average molecular weight is 261 g/mol. The number of thiazole rings is 1. The van der Waals surface area contributed by atoms with Gasteiger partial charge in [-0.05, 0) is 19.1 Å². The van der Waals surface area contributed by atoms with Crippen molar-refractivity contribution in [2.24, 2.45) is 0 Å². The van der Waals surface area contributed by atoms with Gasteiger partial charge in [-0.1, -0.05) is 17.7 Å². The van der Waals surface area contributed by atoms with Crippen LogP contribution in [0.1, 0.15) is 11.3 Å². The van der Waals surface area contributed by atoms with Gasteiger partial charge in [0, 0.05) is 38.1 Å². The topological polar surface area (TPSA) is 28.2 Å². The van der Waals surface area contributed by atoms with Gasteiger partial charge in [0.15, 0.2) is 5.13 Å². The first-order valence-electron chi connectivity index (χ1n) is 6.07. The van der Waals surface area contributed by atoms with Crippen LogP contribution in [0, 0.1) is 6.92 Å². The lowest BCUT2D eigenvalue weighted by atomic mass is 10.2. The highest BCUT2D eigenvalue weighted by molar-refractivity contribution is 7.13. The van der Waals surface area contributed by atoms with Gasteiger partial charge >= 0.3 is 0 Å². The van der Waals surface area contributed by atoms with Gasteiger partial charge in [-0.2, -0.15) is 0 Å². The zero-order valence-electron chi connectivity index (χ0n) is 11.1. The predicted octanol–water partition coefficient (Wildman–Crippen LogP) is 3.17. The molecule has 3 nitrogen and oxygen atoms in total. The summed E-state index contributed by atoms with van der Waals surface area (Å²) in [6, 6.07) is 8.47. The molecule has 0 unspecified atom stereocenters. The smallest absolute Gasteiger partial charge is 0.184 e. The first-order valence-corrected chi connectivity index (χ1v) is 6.95. The zero-order valence-corrected chi connectivity index (χ0v) is 11.9. The largest absolute Gasteiger partial charge is 0.385 e. The number of hydrogen-bond acceptors (Lipinski definition) is 4. The van der Waals surface area contributed by atoms with Crippen molar-refractivity contribution in [3.63, 3.8) is 0 Å². The van der Waals surface area contributed by atoms with Crippen molar-refractivity contribution in [2.75, 3.05) is 30.9 Å². The Morgan fingerprint density at radius 3 is 2.56 bits per heavy atom. The van der Waals surface area contributed by atoms with Gasteiger partial charge in [-0.25, -0.2) is 4.98 Å². The quantitative estimate of drug-likeness (QED) is 0.896. The first-order chi connectivity index (χ1) is 8.65. The Labute approximate surface area is 112 Å². The lowest BCUT2D eigenvalue weighted by Gasteiger charge is -2.06. The second kappa shape index (κ2) is 5.87. The van der Waals surface area contributed by atoms with Gasteiger partial charge in [0.25, 0.3) is 0 Å². The van der Waals surface area contributed by atoms with Crippen molar-refractivity contribution in [1.82, 2.24) is 4.98 Å². The van der Waals surface area contributed by atoms with Crippen LogP contribution in [0.15, 0.2) is 29.6 Å². The Bertz CT molecular complexity index is 488. The molecule has 0 saturated carbocycles. The Morgan fingerprint density at radius 1 is 1.22 bits per heavy atom. The third kappa shape index (κ3) is 3.47. The molecule has 0 fully saturated rings. The van der Waals surface area contributed by atoms with Crippen molar-refractivity contribution < 1.29 is 0 Å². The molecule has 0 atom stereocenters. The molecule has 0 aliphatic carbocycles. The normalized spacial score (nSPS) is 10.4. The van der Waals surface area contributed by atoms with E-state index in [0.717, 1.165) is 23.8 Å². The van der Waals surface area contributed by atoms with E-state index in [4.69, 9.17) is 0 Å². The van der Waals surface area contributed by atoms with Crippen LogP contribution >= 0.6 is 11.3 Å². The van der Waals surface area contributed by atoms with Crippen molar-refractivity contribution in [3.8, 4) is 0 Å². The van der Waals surface area contributed by atoms with E-state index < -0.39 is 0 Å². The molecule has 96 valence electrons. The number of nitrogens with zero attached hydrogens (tertiary/aromatic N) is 2. The second-order valence-electron chi connectivity index (χ2n) is 4.56. The minimum absolute atomic E-state index is 0.916. The SMILES string of the molecule is Cc1ccc(NCCc2csc(N(C)C)n2)cc1. The van der Waals surface area contributed by atoms with Crippen LogP contribution in [0.25, 0.3) is 0 Å². The zero-order chi connectivity index (χ0) is 13.0. The highest BCUT2D eigenvalue weighted by atomic mass is 32.1. The summed E-state index contributed by atoms with van der Waals surface area (Å²) in [6.07, 6.45) is 0.957. The molecular formula is C14H19N3S. The lowest BCUT2D eigenvalue weighted by Crippen LogP contribution is -2.09. The van der Waals surface area contributed by atoms with E-state index in [1.807, 2.05) is 19.0 Å². The fourth-order valence-corrected chi connectivity index (χ4v) is 2.42. The Morgan fingerprint density at radius 2 is 1.94 bits per heavy atom. The summed E-state index contributed by atoms with van der Waals surface area (Å²) in [4.78, 5) is 6.60. The van der Waals surface area contributed by atoms with E-state index in [1.165, 1.54) is 11.3 Å². The fraction of sp³-hybridized carbons (Fsp3) is 0.357. The molecule has 0 aliphatic rings. The van der Waals surface area contributed by atoms with Gasteiger partial charge in [0.05, 0.1) is 5.69 Å². The molecule has 0 radical (unpaired) electrons. The number of anilines is 2. The molecule has 1 N–H and O–H groups in total. The summed E-state index contributed by atoms with van der Waals surface area (Å²) >= 11 is 1.69. The summed E-state index contributed by atoms with van der Waals surface area (Å²) in [5.41, 5.74) is 3.61. The number of hydrogen-bond donors (Lipinski definition) is 1. The van der Waals surface area contributed by atoms with E-state index in [1.54, 1.807) is 11.3 Å². The summed E-state index contributed by atoms with van der Waals surface area (Å²) in [5, 5.41) is 6.61. The van der Waals surface area contributed by atoms with Crippen molar-refractivity contribution >= 4 is 22.2 Å². The number of benzene rings is 1. The van der Waals surface area contributed by atoms with Gasteiger partial charge in [-0.15, -0.1) is 11.3 Å². The molecule has 2 aromatic rings. The van der Waals surface area contributed by atoms with Crippen molar-refractivity contribution in [3.05, 3.63) is 40.9 Å². The maximum atomic E-state index is 4.56. The summed E-state index contributed by atoms with van der Waals surface area (Å²) in [7, 11) is 4.04. The van der Waals surface area contributed by atoms with Crippen LogP contribution < -0.4 is 10.2 Å². The van der Waals surface area contributed by atoms with Gasteiger partial charge in [0.1, 0.15) is 0 Å². The van der Waals surface area contributed by atoms with E-state index in [2.05, 4.69) is 46.9 Å². The van der Waals surface area contributed by atoms with Crippen LogP contribution in [0.2, 0.25) is 0 Å². The van der Waals surface area contributed by atoms with Gasteiger partial charge in [-0.3, -0.25) is 0 Å². The Hall–Kier alpha value is -1.55. The highest BCUT2D eigenvalue weighted by Crippen LogP contribution is 2.18. The predicted molar refractivity (Wildman–Crippen MR) is 79.8 cm³/mol. The molecule has 1 heterocycles. The number of rotatable bonds is 5. The maximum Gasteiger partial charge on any atom is 0.184 e. The van der Waals surface area contributed by atoms with Crippen LogP contribution in [0.5, 0.6) is 0 Å². The third-order valence-corrected chi connectivity index (χ3v) is 3.74. The minimum atomic E-state index is 0.916. The minimum Gasteiger partial charge on any atom is -0.385 e. The standard InChI is InChI=1S/C14H19N3S/c1-11-4-6-12(7-5-11)15-9-8-13-10-18-14(16-13)17(2)3/h4-7,10,15H,8-9H2,1-3H3. The lowest BCUT2D eigenvalue weighted by molar-refractivity contribution is 0.965. The van der Waals surface area contributed by atoms with E-state index in [0.29, 0.717) is 0 Å². The maximum absolute atomic E-state index is 4.56. The molecule has 0 spiro atoms. The van der Waals surface area contributed by atoms with E-state index >= 15 is 0 Å². The first kappa shape index (κ1) is 12.9. The monoisotopic (exact) mass is 261 g/mol. The number of aryl methyl sites for hydroxylation is 1. The molecule has 4 heteroatoms. The van der Waals surface area contributed by atoms with E-state index in [-0.39, 0.29) is 0 Å². The van der Waals surface area contributed by atoms with Gasteiger partial charge in [0.2, 0.25) is 0 Å². The summed E-state index contributed by atoms with van der Waals surface area (Å²) in [6.45, 7) is 3.02. The van der Waals surface area contributed by atoms with Gasteiger partial charge < -0.3 is 10.2 Å². The summed E-state index contributed by atoms with van der Waals surface area (Å²) < 4.78 is 0. The Kier molecular flexibility index (Phi) is 4.20. The van der Waals surface area contributed by atoms with Crippen LogP contribution in [-0.4, -0.2) is 25.6 Å². The second-order valence-corrected chi connectivity index (χ2v) is 5.40. The fourth-order valence-electron chi connectivity index (χ4n) is 1.62. The van der Waals surface area contributed by atoms with Crippen LogP contribution in [-0.2, 0) is 6.42 Å². The molecular weight excluding hydrogens is 242 g/mol. The van der Waals surface area contributed by atoms with Crippen molar-refractivity contribution in [2.45, 2.75) is 13.3 Å². The molecule has 1 aromatic carbocycles. The summed E-state index contributed by atoms with van der Waals surface area (Å²) in [5.74, 6) is 0. The third-order valence-electron chi connectivity index (χ3n) is 2.68. The Balaban J connectivity index is 1.82. The molecule has 2 rings (SSSR count). The molecule has 0 aliphatic heterocycles. The molecule has 1 aromatic heterocycles. The van der Waals surface area contributed by atoms with Crippen LogP contribution in [0.3, 0.4) is 0 Å². The number of nitrogens with one attached hydrogen (secondary N) is 1. The van der Waals surface area contributed by atoms with Crippen molar-refractivity contribution in [1.29, 1.82) is 0 Å². The average Bonchev–Trinajstić information content (AvgIpc) is 2.81. The van der Waals surface area contributed by atoms with E-state index in [9.17, 15) is 0 Å². The number of aromatic nitrogens is 1. The molecule has 18 heavy (non-hydrogen) atoms. The van der Waals surface area contributed by atoms with Crippen LogP contribution in [0.4, 0.5) is 10.8 Å². The molecule has 0 saturated heterocycles. The molecule has 0 amide bonds. The molecule has 0 bridgehead atoms.